The second-order valence-electron chi connectivity index (χ2n) is 9.58. The molecule has 1 saturated carbocycles. The van der Waals surface area contributed by atoms with E-state index in [1.807, 2.05) is 19.1 Å². The molecular formula is C25H28F4N4O3. The van der Waals surface area contributed by atoms with E-state index in [2.05, 4.69) is 20.5 Å². The summed E-state index contributed by atoms with van der Waals surface area (Å²) in [4.78, 5) is 30.8. The van der Waals surface area contributed by atoms with Crippen LogP contribution in [0.2, 0.25) is 0 Å². The van der Waals surface area contributed by atoms with Crippen molar-refractivity contribution in [3.05, 3.63) is 64.7 Å². The first-order valence-electron chi connectivity index (χ1n) is 11.8. The van der Waals surface area contributed by atoms with E-state index >= 15 is 0 Å². The number of likely N-dealkylation sites (tertiary alicyclic amines) is 1. The van der Waals surface area contributed by atoms with Gasteiger partial charge in [-0.2, -0.15) is 13.2 Å². The molecule has 0 unspecified atom stereocenters. The molecule has 1 aliphatic heterocycles. The third-order valence-corrected chi connectivity index (χ3v) is 6.92. The van der Waals surface area contributed by atoms with Crippen LogP contribution < -0.4 is 10.6 Å². The molecule has 3 N–H and O–H groups in total. The summed E-state index contributed by atoms with van der Waals surface area (Å²) in [6, 6.07) is 5.53. The average Bonchev–Trinajstić information content (AvgIpc) is 2.80. The largest absolute Gasteiger partial charge is 0.416 e. The predicted octanol–water partition coefficient (Wildman–Crippen LogP) is 2.91. The van der Waals surface area contributed by atoms with Gasteiger partial charge in [0.15, 0.2) is 0 Å². The van der Waals surface area contributed by atoms with E-state index < -0.39 is 47.1 Å². The van der Waals surface area contributed by atoms with Crippen molar-refractivity contribution >= 4 is 11.8 Å². The minimum atomic E-state index is -4.79. The Labute approximate surface area is 205 Å². The number of aromatic nitrogens is 1. The van der Waals surface area contributed by atoms with Gasteiger partial charge in [0.05, 0.1) is 23.8 Å². The molecule has 1 aromatic heterocycles. The lowest BCUT2D eigenvalue weighted by molar-refractivity contribution is -0.137. The molecule has 194 valence electrons. The lowest BCUT2D eigenvalue weighted by Crippen LogP contribution is -2.63. The minimum absolute atomic E-state index is 0.109. The van der Waals surface area contributed by atoms with E-state index in [1.165, 1.54) is 0 Å². The van der Waals surface area contributed by atoms with Crippen LogP contribution in [-0.4, -0.2) is 58.5 Å². The summed E-state index contributed by atoms with van der Waals surface area (Å²) in [5, 5.41) is 16.0. The minimum Gasteiger partial charge on any atom is -0.385 e. The lowest BCUT2D eigenvalue weighted by atomic mass is 9.77. The third-order valence-electron chi connectivity index (χ3n) is 6.92. The Morgan fingerprint density at radius 1 is 1.17 bits per heavy atom. The molecule has 0 bridgehead atoms. The first-order chi connectivity index (χ1) is 16.9. The molecule has 0 radical (unpaired) electrons. The summed E-state index contributed by atoms with van der Waals surface area (Å²) < 4.78 is 52.0. The highest BCUT2D eigenvalue weighted by Crippen LogP contribution is 2.39. The number of carbonyl (C=O) groups is 2. The molecular weight excluding hydrogens is 480 g/mol. The zero-order chi connectivity index (χ0) is 26.1. The maximum atomic E-state index is 13.5. The fourth-order valence-electron chi connectivity index (χ4n) is 4.80. The van der Waals surface area contributed by atoms with Crippen LogP contribution in [0, 0.1) is 12.7 Å². The number of hydrogen-bond acceptors (Lipinski definition) is 5. The number of rotatable bonds is 6. The van der Waals surface area contributed by atoms with Crippen LogP contribution in [0.4, 0.5) is 17.6 Å². The summed E-state index contributed by atoms with van der Waals surface area (Å²) in [6.07, 6.45) is -0.188. The highest BCUT2D eigenvalue weighted by atomic mass is 19.4. The van der Waals surface area contributed by atoms with Gasteiger partial charge in [-0.05, 0) is 56.9 Å². The van der Waals surface area contributed by atoms with Gasteiger partial charge in [0.2, 0.25) is 5.91 Å². The van der Waals surface area contributed by atoms with Gasteiger partial charge in [-0.25, -0.2) is 4.39 Å². The van der Waals surface area contributed by atoms with Crippen LogP contribution in [0.25, 0.3) is 0 Å². The van der Waals surface area contributed by atoms with Gasteiger partial charge in [0.1, 0.15) is 5.82 Å². The van der Waals surface area contributed by atoms with Crippen molar-refractivity contribution in [1.82, 2.24) is 20.5 Å². The van der Waals surface area contributed by atoms with Crippen molar-refractivity contribution in [2.75, 3.05) is 19.6 Å². The van der Waals surface area contributed by atoms with Crippen LogP contribution >= 0.6 is 0 Å². The molecule has 2 heterocycles. The lowest BCUT2D eigenvalue weighted by Gasteiger charge is -2.48. The van der Waals surface area contributed by atoms with Gasteiger partial charge >= 0.3 is 6.18 Å². The number of amides is 2. The summed E-state index contributed by atoms with van der Waals surface area (Å²) in [6.45, 7) is 2.73. The number of alkyl halides is 3. The zero-order valence-corrected chi connectivity index (χ0v) is 19.7. The van der Waals surface area contributed by atoms with E-state index in [9.17, 15) is 32.3 Å². The highest BCUT2D eigenvalue weighted by molar-refractivity contribution is 5.96. The van der Waals surface area contributed by atoms with E-state index in [1.54, 1.807) is 6.20 Å². The predicted molar refractivity (Wildman–Crippen MR) is 122 cm³/mol. The van der Waals surface area contributed by atoms with Crippen molar-refractivity contribution in [3.8, 4) is 0 Å². The molecule has 0 atom stereocenters. The molecule has 0 spiro atoms. The number of benzene rings is 1. The molecule has 2 amide bonds. The maximum Gasteiger partial charge on any atom is 0.416 e. The standard InChI is InChI=1S/C25H28F4N4O3/c1-15-2-3-17(11-30-15)24(36)6-4-21(5-7-24)33-13-20(14-33)32-22(34)12-31-23(35)16-8-18(25(27,28)29)10-19(26)9-16/h2-3,8-11,20-21,36H,4-7,12-14H2,1H3,(H,31,35)(H,32,34)/t21-,24-. The number of carbonyl (C=O) groups excluding carboxylic acids is 2. The second kappa shape index (κ2) is 10.1. The maximum absolute atomic E-state index is 13.5. The van der Waals surface area contributed by atoms with Crippen LogP contribution in [0.1, 0.15) is 52.9 Å². The smallest absolute Gasteiger partial charge is 0.385 e. The molecule has 1 aromatic carbocycles. The quantitative estimate of drug-likeness (QED) is 0.522. The Hall–Kier alpha value is -3.05. The number of aryl methyl sites for hydroxylation is 1. The van der Waals surface area contributed by atoms with Gasteiger partial charge in [-0.3, -0.25) is 19.5 Å². The number of nitrogens with one attached hydrogen (secondary N) is 2. The summed E-state index contributed by atoms with van der Waals surface area (Å²) in [5.41, 5.74) is -0.938. The van der Waals surface area contributed by atoms with E-state index in [4.69, 9.17) is 0 Å². The zero-order valence-electron chi connectivity index (χ0n) is 19.7. The van der Waals surface area contributed by atoms with Crippen molar-refractivity contribution in [2.45, 2.75) is 56.5 Å². The molecule has 2 aliphatic rings. The molecule has 36 heavy (non-hydrogen) atoms. The van der Waals surface area contributed by atoms with Crippen LogP contribution in [0.15, 0.2) is 36.5 Å². The van der Waals surface area contributed by atoms with Crippen molar-refractivity contribution in [1.29, 1.82) is 0 Å². The topological polar surface area (TPSA) is 94.6 Å². The number of nitrogens with zero attached hydrogens (tertiary/aromatic N) is 2. The monoisotopic (exact) mass is 508 g/mol. The van der Waals surface area contributed by atoms with Crippen molar-refractivity contribution in [3.63, 3.8) is 0 Å². The van der Waals surface area contributed by atoms with Crippen molar-refractivity contribution < 1.29 is 32.3 Å². The molecule has 11 heteroatoms. The summed E-state index contributed by atoms with van der Waals surface area (Å²) in [5.74, 6) is -2.64. The van der Waals surface area contributed by atoms with Gasteiger partial charge in [0.25, 0.3) is 5.91 Å². The van der Waals surface area contributed by atoms with Crippen molar-refractivity contribution in [2.24, 2.45) is 0 Å². The van der Waals surface area contributed by atoms with Crippen LogP contribution in [0.5, 0.6) is 0 Å². The Morgan fingerprint density at radius 3 is 2.47 bits per heavy atom. The van der Waals surface area contributed by atoms with Crippen LogP contribution in [-0.2, 0) is 16.6 Å². The number of halogens is 4. The Bertz CT molecular complexity index is 1110. The van der Waals surface area contributed by atoms with Gasteiger partial charge < -0.3 is 15.7 Å². The summed E-state index contributed by atoms with van der Waals surface area (Å²) in [7, 11) is 0. The number of pyridine rings is 1. The summed E-state index contributed by atoms with van der Waals surface area (Å²) >= 11 is 0. The highest BCUT2D eigenvalue weighted by Gasteiger charge is 2.40. The molecule has 4 rings (SSSR count). The fourth-order valence-corrected chi connectivity index (χ4v) is 4.80. The van der Waals surface area contributed by atoms with Crippen LogP contribution in [0.3, 0.4) is 0 Å². The first kappa shape index (κ1) is 26.0. The van der Waals surface area contributed by atoms with E-state index in [0.717, 1.165) is 24.1 Å². The Kier molecular flexibility index (Phi) is 7.33. The normalized spacial score (nSPS) is 23.1. The van der Waals surface area contributed by atoms with E-state index in [-0.39, 0.29) is 6.04 Å². The molecule has 2 aromatic rings. The third kappa shape index (κ3) is 6.01. The van der Waals surface area contributed by atoms with E-state index in [0.29, 0.717) is 50.2 Å². The van der Waals surface area contributed by atoms with Gasteiger partial charge in [-0.1, -0.05) is 6.07 Å². The van der Waals surface area contributed by atoms with Gasteiger partial charge in [-0.15, -0.1) is 0 Å². The Morgan fingerprint density at radius 2 is 1.86 bits per heavy atom. The fraction of sp³-hybridized carbons (Fsp3) is 0.480. The SMILES string of the molecule is Cc1ccc([C@]2(O)CC[C@H](N3CC(NC(=O)CNC(=O)c4cc(F)cc(C(F)(F)F)c4)C3)CC2)cn1. The molecule has 1 aliphatic carbocycles. The van der Waals surface area contributed by atoms with Gasteiger partial charge in [0, 0.05) is 42.1 Å². The Balaban J connectivity index is 1.19. The molecule has 2 fully saturated rings. The average molecular weight is 509 g/mol. The second-order valence-corrected chi connectivity index (χ2v) is 9.58. The number of hydrogen-bond donors (Lipinski definition) is 3. The number of aliphatic hydroxyl groups is 1. The molecule has 1 saturated heterocycles. The first-order valence-corrected chi connectivity index (χ1v) is 11.8. The molecule has 7 nitrogen and oxygen atoms in total.